The minimum absolute atomic E-state index is 1.07. The van der Waals surface area contributed by atoms with E-state index in [1.165, 1.54) is 54.0 Å². The lowest BCUT2D eigenvalue weighted by atomic mass is 10.0. The van der Waals surface area contributed by atoms with Crippen molar-refractivity contribution in [2.45, 2.75) is 46.1 Å². The monoisotopic (exact) mass is 228 g/mol. The first-order valence-corrected chi connectivity index (χ1v) is 6.67. The van der Waals surface area contributed by atoms with E-state index in [0.29, 0.717) is 0 Å². The highest BCUT2D eigenvalue weighted by Crippen LogP contribution is 2.32. The molecule has 2 heteroatoms. The number of nitrogens with zero attached hydrogens (tertiary/aromatic N) is 2. The summed E-state index contributed by atoms with van der Waals surface area (Å²) < 4.78 is 0. The van der Waals surface area contributed by atoms with Crippen LogP contribution in [0.2, 0.25) is 0 Å². The van der Waals surface area contributed by atoms with Crippen molar-refractivity contribution in [1.82, 2.24) is 4.90 Å². The van der Waals surface area contributed by atoms with Gasteiger partial charge >= 0.3 is 0 Å². The van der Waals surface area contributed by atoms with Crippen molar-refractivity contribution in [2.75, 3.05) is 6.54 Å². The third-order valence-corrected chi connectivity index (χ3v) is 3.82. The molecule has 1 fully saturated rings. The second-order valence-electron chi connectivity index (χ2n) is 5.35. The number of rotatable bonds is 0. The van der Waals surface area contributed by atoms with Crippen LogP contribution in [-0.4, -0.2) is 17.3 Å². The lowest BCUT2D eigenvalue weighted by Gasteiger charge is -2.30. The first-order valence-electron chi connectivity index (χ1n) is 6.67. The number of fused-ring (bicyclic) bond motifs is 2. The molecular formula is C15H20N2. The van der Waals surface area contributed by atoms with Gasteiger partial charge in [0.2, 0.25) is 0 Å². The summed E-state index contributed by atoms with van der Waals surface area (Å²) in [5.74, 6) is 1.32. The standard InChI is InChI=1S/C15H20N2/c1-11-8-12(2)15-13(9-11)10-17-7-5-3-4-6-14(17)16-15/h8-9H,3-7,10H2,1-2H3. The van der Waals surface area contributed by atoms with Crippen LogP contribution >= 0.6 is 0 Å². The Balaban J connectivity index is 2.05. The topological polar surface area (TPSA) is 15.6 Å². The lowest BCUT2D eigenvalue weighted by molar-refractivity contribution is 0.403. The summed E-state index contributed by atoms with van der Waals surface area (Å²) in [4.78, 5) is 7.39. The summed E-state index contributed by atoms with van der Waals surface area (Å²) in [6.45, 7) is 6.61. The summed E-state index contributed by atoms with van der Waals surface area (Å²) in [7, 11) is 0. The van der Waals surface area contributed by atoms with Crippen LogP contribution in [-0.2, 0) is 6.54 Å². The van der Waals surface area contributed by atoms with Gasteiger partial charge in [-0.25, -0.2) is 4.99 Å². The van der Waals surface area contributed by atoms with Crippen molar-refractivity contribution >= 4 is 11.5 Å². The second-order valence-corrected chi connectivity index (χ2v) is 5.35. The number of benzene rings is 1. The summed E-state index contributed by atoms with van der Waals surface area (Å²) in [6, 6.07) is 4.54. The van der Waals surface area contributed by atoms with E-state index in [0.717, 1.165) is 13.0 Å². The van der Waals surface area contributed by atoms with Crippen LogP contribution in [0.25, 0.3) is 0 Å². The number of aliphatic imine (C=N–C) groups is 1. The minimum atomic E-state index is 1.07. The Morgan fingerprint density at radius 3 is 2.88 bits per heavy atom. The predicted molar refractivity (Wildman–Crippen MR) is 71.9 cm³/mol. The Hall–Kier alpha value is -1.31. The molecule has 0 atom stereocenters. The van der Waals surface area contributed by atoms with Crippen LogP contribution in [0.15, 0.2) is 17.1 Å². The molecule has 1 aromatic rings. The highest BCUT2D eigenvalue weighted by molar-refractivity contribution is 5.87. The Morgan fingerprint density at radius 2 is 2.00 bits per heavy atom. The fourth-order valence-electron chi connectivity index (χ4n) is 3.01. The molecule has 0 spiro atoms. The zero-order valence-corrected chi connectivity index (χ0v) is 10.8. The molecule has 0 amide bonds. The van der Waals surface area contributed by atoms with E-state index in [2.05, 4.69) is 30.9 Å². The van der Waals surface area contributed by atoms with Crippen molar-refractivity contribution in [3.8, 4) is 0 Å². The average molecular weight is 228 g/mol. The molecule has 2 heterocycles. The third-order valence-electron chi connectivity index (χ3n) is 3.82. The summed E-state index contributed by atoms with van der Waals surface area (Å²) in [5, 5.41) is 0. The van der Waals surface area contributed by atoms with E-state index in [1.54, 1.807) is 0 Å². The zero-order valence-electron chi connectivity index (χ0n) is 10.8. The van der Waals surface area contributed by atoms with E-state index in [9.17, 15) is 0 Å². The third kappa shape index (κ3) is 1.97. The highest BCUT2D eigenvalue weighted by Gasteiger charge is 2.22. The molecule has 3 rings (SSSR count). The van der Waals surface area contributed by atoms with E-state index in [1.807, 2.05) is 0 Å². The molecule has 0 aliphatic carbocycles. The fourth-order valence-corrected chi connectivity index (χ4v) is 3.01. The maximum absolute atomic E-state index is 4.91. The average Bonchev–Trinajstić information content (AvgIpc) is 2.51. The summed E-state index contributed by atoms with van der Waals surface area (Å²) in [6.07, 6.45) is 5.13. The number of amidine groups is 1. The maximum atomic E-state index is 4.91. The van der Waals surface area contributed by atoms with E-state index < -0.39 is 0 Å². The second kappa shape index (κ2) is 4.17. The molecule has 1 saturated heterocycles. The van der Waals surface area contributed by atoms with Crippen LogP contribution in [0.1, 0.15) is 42.4 Å². The number of hydrogen-bond donors (Lipinski definition) is 0. The van der Waals surface area contributed by atoms with Gasteiger partial charge in [-0.3, -0.25) is 0 Å². The van der Waals surface area contributed by atoms with Crippen molar-refractivity contribution in [2.24, 2.45) is 4.99 Å². The quantitative estimate of drug-likeness (QED) is 0.660. The lowest BCUT2D eigenvalue weighted by Crippen LogP contribution is -2.32. The van der Waals surface area contributed by atoms with Crippen molar-refractivity contribution in [3.63, 3.8) is 0 Å². The molecule has 2 aliphatic heterocycles. The molecule has 0 saturated carbocycles. The molecule has 0 unspecified atom stereocenters. The van der Waals surface area contributed by atoms with Gasteiger partial charge in [0.15, 0.2) is 0 Å². The fraction of sp³-hybridized carbons (Fsp3) is 0.533. The van der Waals surface area contributed by atoms with Gasteiger partial charge in [-0.15, -0.1) is 0 Å². The van der Waals surface area contributed by atoms with E-state index in [4.69, 9.17) is 4.99 Å². The molecular weight excluding hydrogens is 208 g/mol. The van der Waals surface area contributed by atoms with Gasteiger partial charge in [0.05, 0.1) is 5.69 Å². The Bertz CT molecular complexity index is 474. The van der Waals surface area contributed by atoms with E-state index in [-0.39, 0.29) is 0 Å². The Morgan fingerprint density at radius 1 is 1.12 bits per heavy atom. The number of hydrogen-bond acceptors (Lipinski definition) is 2. The summed E-state index contributed by atoms with van der Waals surface area (Å²) in [5.41, 5.74) is 5.34. The first kappa shape index (κ1) is 10.8. The van der Waals surface area contributed by atoms with Gasteiger partial charge in [0, 0.05) is 19.5 Å². The molecule has 2 aliphatic rings. The molecule has 2 nitrogen and oxygen atoms in total. The normalized spacial score (nSPS) is 19.2. The van der Waals surface area contributed by atoms with Gasteiger partial charge in [-0.2, -0.15) is 0 Å². The largest absolute Gasteiger partial charge is 0.356 e. The Kier molecular flexibility index (Phi) is 2.65. The van der Waals surface area contributed by atoms with Gasteiger partial charge in [0.25, 0.3) is 0 Å². The van der Waals surface area contributed by atoms with Crippen molar-refractivity contribution in [3.05, 3.63) is 28.8 Å². The molecule has 0 bridgehead atoms. The Labute approximate surface area is 103 Å². The smallest absolute Gasteiger partial charge is 0.105 e. The van der Waals surface area contributed by atoms with Crippen LogP contribution < -0.4 is 0 Å². The first-order chi connectivity index (χ1) is 8.24. The minimum Gasteiger partial charge on any atom is -0.356 e. The molecule has 0 N–H and O–H groups in total. The molecule has 17 heavy (non-hydrogen) atoms. The summed E-state index contributed by atoms with van der Waals surface area (Å²) >= 11 is 0. The van der Waals surface area contributed by atoms with E-state index >= 15 is 0 Å². The SMILES string of the molecule is Cc1cc(C)c2c(c1)CN1CCCCCC1=N2. The molecule has 0 radical (unpaired) electrons. The van der Waals surface area contributed by atoms with Gasteiger partial charge in [-0.05, 0) is 37.8 Å². The highest BCUT2D eigenvalue weighted by atomic mass is 15.2. The zero-order chi connectivity index (χ0) is 11.8. The molecule has 1 aromatic carbocycles. The van der Waals surface area contributed by atoms with Gasteiger partial charge in [-0.1, -0.05) is 24.1 Å². The van der Waals surface area contributed by atoms with Crippen LogP contribution in [0, 0.1) is 13.8 Å². The van der Waals surface area contributed by atoms with Crippen LogP contribution in [0.5, 0.6) is 0 Å². The van der Waals surface area contributed by atoms with Crippen molar-refractivity contribution < 1.29 is 0 Å². The maximum Gasteiger partial charge on any atom is 0.105 e. The van der Waals surface area contributed by atoms with Gasteiger partial charge < -0.3 is 4.90 Å². The molecule has 0 aromatic heterocycles. The van der Waals surface area contributed by atoms with Gasteiger partial charge in [0.1, 0.15) is 5.84 Å². The van der Waals surface area contributed by atoms with Crippen LogP contribution in [0.4, 0.5) is 5.69 Å². The van der Waals surface area contributed by atoms with Crippen LogP contribution in [0.3, 0.4) is 0 Å². The molecule has 90 valence electrons. The van der Waals surface area contributed by atoms with Crippen molar-refractivity contribution in [1.29, 1.82) is 0 Å². The number of aryl methyl sites for hydroxylation is 2. The predicted octanol–water partition coefficient (Wildman–Crippen LogP) is 3.72.